The van der Waals surface area contributed by atoms with Gasteiger partial charge in [0.25, 0.3) is 0 Å². The summed E-state index contributed by atoms with van der Waals surface area (Å²) >= 11 is 0. The Bertz CT molecular complexity index is 368. The van der Waals surface area contributed by atoms with Crippen LogP contribution in [0.4, 0.5) is 0 Å². The molecule has 1 aromatic rings. The molecule has 1 heteroatoms. The van der Waals surface area contributed by atoms with Crippen molar-refractivity contribution in [3.05, 3.63) is 47.7 Å². The Balaban J connectivity index is 2.72. The fraction of sp³-hybridized carbons (Fsp3) is 0. The summed E-state index contributed by atoms with van der Waals surface area (Å²) in [6, 6.07) is 8.04. The van der Waals surface area contributed by atoms with E-state index in [1.807, 2.05) is 30.5 Å². The van der Waals surface area contributed by atoms with Crippen LogP contribution in [0.15, 0.2) is 41.6 Å². The minimum Gasteiger partial charge on any atom is -0.247 e. The van der Waals surface area contributed by atoms with Gasteiger partial charge >= 0.3 is 0 Å². The second-order valence-electron chi connectivity index (χ2n) is 2.37. The third kappa shape index (κ3) is 0.830. The van der Waals surface area contributed by atoms with E-state index in [0.717, 1.165) is 16.8 Å². The van der Waals surface area contributed by atoms with Crippen molar-refractivity contribution in [2.24, 2.45) is 4.99 Å². The largest absolute Gasteiger partial charge is 0.247 e. The molecule has 1 aliphatic rings. The van der Waals surface area contributed by atoms with Gasteiger partial charge in [0.05, 0.1) is 0 Å². The molecule has 1 aromatic carbocycles. The maximum atomic E-state index is 4.14. The van der Waals surface area contributed by atoms with Crippen LogP contribution in [-0.4, -0.2) is 6.21 Å². The zero-order valence-electron chi connectivity index (χ0n) is 6.04. The molecule has 0 unspecified atom stereocenters. The molecule has 1 heterocycles. The van der Waals surface area contributed by atoms with E-state index in [2.05, 4.69) is 17.3 Å². The monoisotopic (exact) mass is 141 g/mol. The lowest BCUT2D eigenvalue weighted by molar-refractivity contribution is 1.58. The molecular formula is C10H7N. The number of hydrogen-bond donors (Lipinski definition) is 0. The Hall–Kier alpha value is -1.59. The lowest BCUT2D eigenvalue weighted by Crippen LogP contribution is -1.79. The number of nitrogens with zero attached hydrogens (tertiary/aromatic N) is 1. The normalized spacial score (nSPS) is 12.9. The molecule has 0 saturated heterocycles. The van der Waals surface area contributed by atoms with Gasteiger partial charge in [-0.3, -0.25) is 0 Å². The quantitative estimate of drug-likeness (QED) is 0.491. The highest BCUT2D eigenvalue weighted by Crippen LogP contribution is 2.22. The summed E-state index contributed by atoms with van der Waals surface area (Å²) < 4.78 is 0. The number of benzene rings is 1. The predicted molar refractivity (Wildman–Crippen MR) is 46.6 cm³/mol. The average molecular weight is 141 g/mol. The molecule has 2 rings (SSSR count). The summed E-state index contributed by atoms with van der Waals surface area (Å²) in [5.74, 6) is 0. The van der Waals surface area contributed by atoms with Gasteiger partial charge in [0.2, 0.25) is 0 Å². The van der Waals surface area contributed by atoms with Crippen molar-refractivity contribution >= 4 is 11.9 Å². The average Bonchev–Trinajstić information content (AvgIpc) is 2.47. The molecule has 0 fully saturated rings. The maximum Gasteiger partial charge on any atom is 0.112 e. The molecule has 52 valence electrons. The molecule has 0 N–H and O–H groups in total. The zero-order valence-corrected chi connectivity index (χ0v) is 6.04. The Morgan fingerprint density at radius 1 is 1.27 bits per heavy atom. The first-order valence-electron chi connectivity index (χ1n) is 3.45. The molecule has 0 saturated carbocycles. The first-order valence-corrected chi connectivity index (χ1v) is 3.45. The van der Waals surface area contributed by atoms with Gasteiger partial charge in [-0.1, -0.05) is 30.8 Å². The molecule has 11 heavy (non-hydrogen) atoms. The van der Waals surface area contributed by atoms with Gasteiger partial charge in [-0.2, -0.15) is 0 Å². The van der Waals surface area contributed by atoms with E-state index in [9.17, 15) is 0 Å². The minimum absolute atomic E-state index is 0.848. The predicted octanol–water partition coefficient (Wildman–Crippen LogP) is 2.24. The van der Waals surface area contributed by atoms with Gasteiger partial charge in [-0.15, -0.1) is 5.73 Å². The third-order valence-corrected chi connectivity index (χ3v) is 1.72. The summed E-state index contributed by atoms with van der Waals surface area (Å²) in [4.78, 5) is 4.14. The molecule has 0 bridgehead atoms. The summed E-state index contributed by atoms with van der Waals surface area (Å²) in [5.41, 5.74) is 5.92. The SMILES string of the molecule is C=C=C1N=Cc2ccccc21. The fourth-order valence-electron chi connectivity index (χ4n) is 1.17. The van der Waals surface area contributed by atoms with E-state index in [1.54, 1.807) is 0 Å². The summed E-state index contributed by atoms with van der Waals surface area (Å²) in [6.45, 7) is 3.57. The van der Waals surface area contributed by atoms with Crippen molar-refractivity contribution in [2.45, 2.75) is 0 Å². The third-order valence-electron chi connectivity index (χ3n) is 1.72. The van der Waals surface area contributed by atoms with Crippen LogP contribution in [0.25, 0.3) is 5.70 Å². The van der Waals surface area contributed by atoms with Gasteiger partial charge in [0, 0.05) is 17.3 Å². The molecular weight excluding hydrogens is 134 g/mol. The van der Waals surface area contributed by atoms with E-state index in [-0.39, 0.29) is 0 Å². The highest BCUT2D eigenvalue weighted by molar-refractivity contribution is 5.97. The van der Waals surface area contributed by atoms with Crippen molar-refractivity contribution in [3.8, 4) is 0 Å². The summed E-state index contributed by atoms with van der Waals surface area (Å²) in [6.07, 6.45) is 1.84. The first-order chi connectivity index (χ1) is 5.42. The Morgan fingerprint density at radius 3 is 2.91 bits per heavy atom. The maximum absolute atomic E-state index is 4.14. The van der Waals surface area contributed by atoms with Gasteiger partial charge in [0.1, 0.15) is 5.70 Å². The van der Waals surface area contributed by atoms with Gasteiger partial charge in [-0.05, 0) is 0 Å². The molecule has 0 radical (unpaired) electrons. The van der Waals surface area contributed by atoms with Crippen LogP contribution in [0, 0.1) is 0 Å². The molecule has 0 aromatic heterocycles. The van der Waals surface area contributed by atoms with Crippen LogP contribution in [-0.2, 0) is 0 Å². The molecule has 1 aliphatic heterocycles. The van der Waals surface area contributed by atoms with Crippen LogP contribution in [0.3, 0.4) is 0 Å². The number of hydrogen-bond acceptors (Lipinski definition) is 1. The fourth-order valence-corrected chi connectivity index (χ4v) is 1.17. The lowest BCUT2D eigenvalue weighted by Gasteiger charge is -1.93. The van der Waals surface area contributed by atoms with Crippen molar-refractivity contribution in [1.29, 1.82) is 0 Å². The highest BCUT2D eigenvalue weighted by atomic mass is 14.8. The molecule has 0 spiro atoms. The Labute approximate surface area is 65.4 Å². The van der Waals surface area contributed by atoms with E-state index < -0.39 is 0 Å². The molecule has 0 aliphatic carbocycles. The summed E-state index contributed by atoms with van der Waals surface area (Å²) in [5, 5.41) is 0. The van der Waals surface area contributed by atoms with Crippen molar-refractivity contribution in [3.63, 3.8) is 0 Å². The van der Waals surface area contributed by atoms with E-state index in [0.29, 0.717) is 0 Å². The minimum atomic E-state index is 0.848. The number of fused-ring (bicyclic) bond motifs is 1. The molecule has 0 amide bonds. The number of rotatable bonds is 0. The second-order valence-corrected chi connectivity index (χ2v) is 2.37. The van der Waals surface area contributed by atoms with Gasteiger partial charge in [-0.25, -0.2) is 4.99 Å². The van der Waals surface area contributed by atoms with Crippen molar-refractivity contribution in [2.75, 3.05) is 0 Å². The summed E-state index contributed by atoms with van der Waals surface area (Å²) in [7, 11) is 0. The van der Waals surface area contributed by atoms with Crippen molar-refractivity contribution < 1.29 is 0 Å². The van der Waals surface area contributed by atoms with E-state index in [4.69, 9.17) is 0 Å². The topological polar surface area (TPSA) is 12.4 Å². The van der Waals surface area contributed by atoms with E-state index >= 15 is 0 Å². The highest BCUT2D eigenvalue weighted by Gasteiger charge is 2.08. The van der Waals surface area contributed by atoms with Gasteiger partial charge < -0.3 is 0 Å². The zero-order chi connectivity index (χ0) is 7.68. The van der Waals surface area contributed by atoms with Crippen LogP contribution >= 0.6 is 0 Å². The van der Waals surface area contributed by atoms with E-state index in [1.165, 1.54) is 0 Å². The Morgan fingerprint density at radius 2 is 2.09 bits per heavy atom. The van der Waals surface area contributed by atoms with Crippen LogP contribution < -0.4 is 0 Å². The first kappa shape index (κ1) is 6.14. The lowest BCUT2D eigenvalue weighted by atomic mass is 10.1. The van der Waals surface area contributed by atoms with Crippen LogP contribution in [0.2, 0.25) is 0 Å². The van der Waals surface area contributed by atoms with Gasteiger partial charge in [0.15, 0.2) is 0 Å². The Kier molecular flexibility index (Phi) is 1.24. The molecule has 0 atom stereocenters. The standard InChI is InChI=1S/C10H7N/c1-2-10-9-6-4-3-5-8(9)7-11-10/h3-7H,1H2. The second kappa shape index (κ2) is 2.22. The van der Waals surface area contributed by atoms with Crippen LogP contribution in [0.1, 0.15) is 11.1 Å². The number of aliphatic imine (C=N–C) groups is 1. The smallest absolute Gasteiger partial charge is 0.112 e. The van der Waals surface area contributed by atoms with Crippen molar-refractivity contribution in [1.82, 2.24) is 0 Å². The van der Waals surface area contributed by atoms with Crippen LogP contribution in [0.5, 0.6) is 0 Å². The molecule has 1 nitrogen and oxygen atoms in total.